The van der Waals surface area contributed by atoms with Crippen LogP contribution in [-0.2, 0) is 16.0 Å². The van der Waals surface area contributed by atoms with Gasteiger partial charge in [-0.15, -0.1) is 0 Å². The highest BCUT2D eigenvalue weighted by Gasteiger charge is 2.48. The molecular formula is C23H25F3N6O5. The third-order valence-corrected chi connectivity index (χ3v) is 6.71. The number of amides is 1. The van der Waals surface area contributed by atoms with Crippen molar-refractivity contribution in [3.63, 3.8) is 0 Å². The number of Topliss-reactive ketones (excluding diaryl/α,β-unsaturated/α-hetero) is 1. The minimum Gasteiger partial charge on any atom is -0.450 e. The SMILES string of the molecule is CCOC(=O)Nc1ccc(C(=O)CN2c3nc(N4CC5CC4CO5)cc(=O)n3CCC2C(F)(F)F)cn1. The summed E-state index contributed by atoms with van der Waals surface area (Å²) in [7, 11) is 0. The summed E-state index contributed by atoms with van der Waals surface area (Å²) < 4.78 is 53.6. The van der Waals surface area contributed by atoms with Crippen LogP contribution in [0.15, 0.2) is 29.2 Å². The predicted molar refractivity (Wildman–Crippen MR) is 125 cm³/mol. The highest BCUT2D eigenvalue weighted by atomic mass is 19.4. The maximum absolute atomic E-state index is 14.0. The van der Waals surface area contributed by atoms with Gasteiger partial charge in [-0.2, -0.15) is 18.2 Å². The first-order valence-electron chi connectivity index (χ1n) is 11.9. The highest BCUT2D eigenvalue weighted by Crippen LogP contribution is 2.36. The number of carbonyl (C=O) groups excluding carboxylic acids is 2. The lowest BCUT2D eigenvalue weighted by Crippen LogP contribution is -2.54. The molecule has 14 heteroatoms. The second kappa shape index (κ2) is 9.65. The quantitative estimate of drug-likeness (QED) is 0.570. The van der Waals surface area contributed by atoms with Crippen LogP contribution in [-0.4, -0.2) is 77.1 Å². The molecule has 37 heavy (non-hydrogen) atoms. The van der Waals surface area contributed by atoms with Crippen molar-refractivity contribution in [2.24, 2.45) is 0 Å². The van der Waals surface area contributed by atoms with Gasteiger partial charge in [0.1, 0.15) is 17.7 Å². The van der Waals surface area contributed by atoms with E-state index in [1.807, 2.05) is 4.90 Å². The largest absolute Gasteiger partial charge is 0.450 e. The van der Waals surface area contributed by atoms with E-state index in [1.165, 1.54) is 22.8 Å². The summed E-state index contributed by atoms with van der Waals surface area (Å²) in [6.45, 7) is 1.93. The molecular weight excluding hydrogens is 497 g/mol. The number of ether oxygens (including phenoxy) is 2. The zero-order valence-corrected chi connectivity index (χ0v) is 19.9. The first kappa shape index (κ1) is 25.0. The molecule has 2 fully saturated rings. The standard InChI is InChI=1S/C23H25F3N6O5/c1-2-36-22(35)28-18-4-3-13(9-27-18)16(33)11-32-17(23(24,25)26)5-6-30-20(34)8-19(29-21(30)32)31-10-15-7-14(31)12-37-15/h3-4,8-9,14-15,17H,2,5-7,10-12H2,1H3,(H,27,28,35). The van der Waals surface area contributed by atoms with E-state index in [0.29, 0.717) is 13.2 Å². The normalized spacial score (nSPS) is 22.6. The van der Waals surface area contributed by atoms with E-state index in [9.17, 15) is 27.6 Å². The molecule has 3 aliphatic heterocycles. The predicted octanol–water partition coefficient (Wildman–Crippen LogP) is 2.21. The maximum atomic E-state index is 14.0. The number of ketones is 1. The molecule has 2 saturated heterocycles. The van der Waals surface area contributed by atoms with Crippen LogP contribution in [0.25, 0.3) is 0 Å². The number of nitrogens with zero attached hydrogens (tertiary/aromatic N) is 5. The zero-order chi connectivity index (χ0) is 26.3. The minimum absolute atomic E-state index is 0.0000165. The molecule has 3 atom stereocenters. The molecule has 1 amide bonds. The fourth-order valence-electron chi connectivity index (χ4n) is 4.96. The number of rotatable bonds is 6. The average molecular weight is 522 g/mol. The Morgan fingerprint density at radius 3 is 2.73 bits per heavy atom. The summed E-state index contributed by atoms with van der Waals surface area (Å²) in [6, 6.07) is 2.04. The molecule has 0 saturated carbocycles. The molecule has 11 nitrogen and oxygen atoms in total. The number of halogens is 3. The van der Waals surface area contributed by atoms with E-state index in [1.54, 1.807) is 6.92 Å². The number of hydrogen-bond donors (Lipinski definition) is 1. The first-order valence-corrected chi connectivity index (χ1v) is 11.9. The Morgan fingerprint density at radius 2 is 2.11 bits per heavy atom. The summed E-state index contributed by atoms with van der Waals surface area (Å²) in [5.74, 6) is -0.440. The van der Waals surface area contributed by atoms with Gasteiger partial charge in [-0.1, -0.05) is 0 Å². The van der Waals surface area contributed by atoms with Crippen molar-refractivity contribution in [1.82, 2.24) is 14.5 Å². The lowest BCUT2D eigenvalue weighted by atomic mass is 10.1. The van der Waals surface area contributed by atoms with Gasteiger partial charge >= 0.3 is 12.3 Å². The van der Waals surface area contributed by atoms with Crippen LogP contribution >= 0.6 is 0 Å². The number of fused-ring (bicyclic) bond motifs is 3. The van der Waals surface area contributed by atoms with E-state index >= 15 is 0 Å². The van der Waals surface area contributed by atoms with Gasteiger partial charge in [0.2, 0.25) is 5.95 Å². The van der Waals surface area contributed by atoms with E-state index < -0.39 is 42.6 Å². The van der Waals surface area contributed by atoms with E-state index in [0.717, 1.165) is 17.5 Å². The van der Waals surface area contributed by atoms with Crippen molar-refractivity contribution in [3.05, 3.63) is 40.3 Å². The molecule has 5 rings (SSSR count). The number of alkyl halides is 3. The average Bonchev–Trinajstić information content (AvgIpc) is 3.48. The summed E-state index contributed by atoms with van der Waals surface area (Å²) >= 11 is 0. The summed E-state index contributed by atoms with van der Waals surface area (Å²) in [5, 5.41) is 2.38. The van der Waals surface area contributed by atoms with Gasteiger partial charge in [0.05, 0.1) is 31.9 Å². The van der Waals surface area contributed by atoms with Gasteiger partial charge in [0, 0.05) is 30.9 Å². The number of pyridine rings is 1. The highest BCUT2D eigenvalue weighted by molar-refractivity contribution is 5.99. The van der Waals surface area contributed by atoms with Gasteiger partial charge in [-0.3, -0.25) is 19.5 Å². The summed E-state index contributed by atoms with van der Waals surface area (Å²) in [5.41, 5.74) is -0.433. The zero-order valence-electron chi connectivity index (χ0n) is 19.9. The molecule has 1 N–H and O–H groups in total. The van der Waals surface area contributed by atoms with Crippen LogP contribution in [0.2, 0.25) is 0 Å². The number of morpholine rings is 1. The Balaban J connectivity index is 1.43. The molecule has 0 spiro atoms. The van der Waals surface area contributed by atoms with Crippen molar-refractivity contribution in [3.8, 4) is 0 Å². The summed E-state index contributed by atoms with van der Waals surface area (Å²) in [4.78, 5) is 48.7. The van der Waals surface area contributed by atoms with Gasteiger partial charge in [-0.05, 0) is 31.9 Å². The molecule has 5 heterocycles. The van der Waals surface area contributed by atoms with Gasteiger partial charge in [0.25, 0.3) is 5.56 Å². The Labute approximate surface area is 209 Å². The lowest BCUT2D eigenvalue weighted by molar-refractivity contribution is -0.152. The minimum atomic E-state index is -4.65. The van der Waals surface area contributed by atoms with Crippen LogP contribution in [0.4, 0.5) is 35.5 Å². The van der Waals surface area contributed by atoms with Gasteiger partial charge in [0.15, 0.2) is 5.78 Å². The first-order chi connectivity index (χ1) is 17.6. The van der Waals surface area contributed by atoms with Crippen molar-refractivity contribution in [2.45, 2.75) is 50.7 Å². The van der Waals surface area contributed by atoms with Crippen molar-refractivity contribution in [1.29, 1.82) is 0 Å². The molecule has 3 aliphatic rings. The van der Waals surface area contributed by atoms with E-state index in [2.05, 4.69) is 15.3 Å². The smallest absolute Gasteiger partial charge is 0.412 e. The van der Waals surface area contributed by atoms with Crippen LogP contribution in [0.5, 0.6) is 0 Å². The Morgan fingerprint density at radius 1 is 1.30 bits per heavy atom. The Hall–Kier alpha value is -3.68. The Kier molecular flexibility index (Phi) is 6.52. The second-order valence-corrected chi connectivity index (χ2v) is 9.08. The van der Waals surface area contributed by atoms with Crippen LogP contribution in [0.3, 0.4) is 0 Å². The van der Waals surface area contributed by atoms with Crippen molar-refractivity contribution >= 4 is 29.5 Å². The van der Waals surface area contributed by atoms with Crippen LogP contribution < -0.4 is 20.7 Å². The number of anilines is 3. The monoisotopic (exact) mass is 522 g/mol. The number of carbonyl (C=O) groups is 2. The molecule has 198 valence electrons. The van der Waals surface area contributed by atoms with Gasteiger partial charge in [-0.25, -0.2) is 9.78 Å². The van der Waals surface area contributed by atoms with Crippen molar-refractivity contribution < 1.29 is 32.2 Å². The molecule has 0 aromatic carbocycles. The van der Waals surface area contributed by atoms with Crippen LogP contribution in [0.1, 0.15) is 30.1 Å². The lowest BCUT2D eigenvalue weighted by Gasteiger charge is -2.39. The molecule has 0 radical (unpaired) electrons. The fraction of sp³-hybridized carbons (Fsp3) is 0.522. The van der Waals surface area contributed by atoms with E-state index in [-0.39, 0.29) is 48.4 Å². The van der Waals surface area contributed by atoms with E-state index in [4.69, 9.17) is 9.47 Å². The molecule has 2 bridgehead atoms. The topological polar surface area (TPSA) is 119 Å². The third-order valence-electron chi connectivity index (χ3n) is 6.71. The molecule has 2 aromatic rings. The molecule has 0 aliphatic carbocycles. The van der Waals surface area contributed by atoms with Gasteiger partial charge < -0.3 is 19.3 Å². The Bertz CT molecular complexity index is 1250. The molecule has 3 unspecified atom stereocenters. The molecule has 2 aromatic heterocycles. The second-order valence-electron chi connectivity index (χ2n) is 9.08. The number of hydrogen-bond acceptors (Lipinski definition) is 9. The fourth-order valence-corrected chi connectivity index (χ4v) is 4.96. The van der Waals surface area contributed by atoms with Crippen LogP contribution in [0, 0.1) is 0 Å². The van der Waals surface area contributed by atoms with Crippen molar-refractivity contribution in [2.75, 3.05) is 41.4 Å². The number of nitrogens with one attached hydrogen (secondary N) is 1. The third kappa shape index (κ3) is 4.97. The maximum Gasteiger partial charge on any atom is 0.412 e. The number of aromatic nitrogens is 3. The summed E-state index contributed by atoms with van der Waals surface area (Å²) in [6.07, 6.45) is -3.84.